The van der Waals surface area contributed by atoms with Gasteiger partial charge in [-0.2, -0.15) is 0 Å². The maximum Gasteiger partial charge on any atom is 0.410 e. The number of amides is 8. The summed E-state index contributed by atoms with van der Waals surface area (Å²) in [6, 6.07) is 4.14. The first-order valence-electron chi connectivity index (χ1n) is 31.8. The van der Waals surface area contributed by atoms with Crippen LogP contribution in [0.25, 0.3) is 0 Å². The second-order valence-corrected chi connectivity index (χ2v) is 25.2. The van der Waals surface area contributed by atoms with Crippen molar-refractivity contribution in [3.63, 3.8) is 0 Å². The van der Waals surface area contributed by atoms with Crippen LogP contribution in [0.1, 0.15) is 158 Å². The van der Waals surface area contributed by atoms with E-state index in [1.807, 2.05) is 27.7 Å². The molecule has 2 saturated heterocycles. The first kappa shape index (κ1) is 73.7. The van der Waals surface area contributed by atoms with Gasteiger partial charge in [0.25, 0.3) is 11.8 Å². The summed E-state index contributed by atoms with van der Waals surface area (Å²) in [7, 11) is 1.49. The van der Waals surface area contributed by atoms with Gasteiger partial charge in [-0.05, 0) is 107 Å². The van der Waals surface area contributed by atoms with Crippen LogP contribution in [0.15, 0.2) is 72.4 Å². The minimum absolute atomic E-state index is 0.0619. The van der Waals surface area contributed by atoms with E-state index in [-0.39, 0.29) is 113 Å². The molecule has 8 N–H and O–H groups in total. The van der Waals surface area contributed by atoms with Crippen molar-refractivity contribution in [1.29, 1.82) is 0 Å². The van der Waals surface area contributed by atoms with E-state index in [1.54, 1.807) is 94.2 Å². The maximum atomic E-state index is 14.2. The van der Waals surface area contributed by atoms with Crippen molar-refractivity contribution in [3.05, 3.63) is 77.9 Å². The summed E-state index contributed by atoms with van der Waals surface area (Å²) in [5, 5.41) is 40.9. The number of cyclic esters (lactones) is 1. The van der Waals surface area contributed by atoms with E-state index in [4.69, 9.17) is 29.4 Å². The molecule has 1 aromatic rings. The van der Waals surface area contributed by atoms with E-state index in [0.29, 0.717) is 68.2 Å². The normalized spacial score (nSPS) is 25.7. The van der Waals surface area contributed by atoms with Gasteiger partial charge in [0.2, 0.25) is 23.6 Å². The Bertz CT molecular complexity index is 2730. The van der Waals surface area contributed by atoms with Gasteiger partial charge in [0.1, 0.15) is 30.4 Å². The van der Waals surface area contributed by atoms with E-state index < -0.39 is 95.5 Å². The molecule has 13 atom stereocenters. The second kappa shape index (κ2) is 35.0. The molecule has 4 aliphatic rings. The van der Waals surface area contributed by atoms with Crippen molar-refractivity contribution in [1.82, 2.24) is 25.3 Å². The average molecular weight is 1260 g/mol. The van der Waals surface area contributed by atoms with Crippen LogP contribution in [0.5, 0.6) is 0 Å². The Morgan fingerprint density at radius 1 is 0.922 bits per heavy atom. The highest BCUT2D eigenvalue weighted by molar-refractivity contribution is 6.12. The third-order valence-corrected chi connectivity index (χ3v) is 17.3. The number of methoxy groups -OCH3 is 1. The predicted octanol–water partition coefficient (Wildman–Crippen LogP) is 6.19. The van der Waals surface area contributed by atoms with Crippen molar-refractivity contribution >= 4 is 59.3 Å². The number of carbonyl (C=O) groups is 9. The number of unbranched alkanes of at least 4 members (excludes halogenated alkanes) is 3. The van der Waals surface area contributed by atoms with Crippen molar-refractivity contribution in [2.75, 3.05) is 38.6 Å². The number of nitrogens with one attached hydrogen (secondary N) is 3. The number of piperazine rings is 1. The molecule has 0 aliphatic carbocycles. The lowest BCUT2D eigenvalue weighted by molar-refractivity contribution is -0.151. The number of nitrogens with two attached hydrogens (primary N) is 1. The summed E-state index contributed by atoms with van der Waals surface area (Å²) in [4.78, 5) is 121. The van der Waals surface area contributed by atoms with Crippen LogP contribution in [-0.2, 0) is 63.9 Å². The number of allylic oxidation sites excluding steroid dienone is 2. The Morgan fingerprint density at radius 2 is 1.61 bits per heavy atom. The Balaban J connectivity index is 1.16. The van der Waals surface area contributed by atoms with E-state index in [9.17, 15) is 58.5 Å². The van der Waals surface area contributed by atoms with Crippen LogP contribution >= 0.6 is 0 Å². The minimum atomic E-state index is -1.23. The number of hydrogen-bond donors (Lipinski definition) is 7. The van der Waals surface area contributed by atoms with Crippen molar-refractivity contribution in [3.8, 4) is 0 Å². The van der Waals surface area contributed by atoms with Gasteiger partial charge in [0.05, 0.1) is 42.5 Å². The fourth-order valence-corrected chi connectivity index (χ4v) is 11.3. The molecule has 1 unspecified atom stereocenters. The third-order valence-electron chi connectivity index (χ3n) is 17.3. The third kappa shape index (κ3) is 22.7. The fraction of sp³-hybridized carbons (Fsp3) is 0.652. The first-order chi connectivity index (χ1) is 42.6. The highest BCUT2D eigenvalue weighted by Crippen LogP contribution is 2.38. The number of anilines is 1. The molecule has 24 heteroatoms. The van der Waals surface area contributed by atoms with Crippen LogP contribution in [0, 0.1) is 17.8 Å². The molecule has 0 spiro atoms. The zero-order valence-corrected chi connectivity index (χ0v) is 54.2. The number of nitrogens with zero attached hydrogens (tertiary/aromatic N) is 3. The van der Waals surface area contributed by atoms with Crippen molar-refractivity contribution < 1.29 is 82.2 Å². The predicted molar refractivity (Wildman–Crippen MR) is 334 cm³/mol. The van der Waals surface area contributed by atoms with Gasteiger partial charge >= 0.3 is 18.2 Å². The van der Waals surface area contributed by atoms with Crippen LogP contribution < -0.4 is 21.7 Å². The Kier molecular flexibility index (Phi) is 28.7. The summed E-state index contributed by atoms with van der Waals surface area (Å²) >= 11 is 0. The molecule has 2 fully saturated rings. The van der Waals surface area contributed by atoms with Crippen LogP contribution in [0.2, 0.25) is 0 Å². The van der Waals surface area contributed by atoms with Crippen LogP contribution in [0.3, 0.4) is 0 Å². The Morgan fingerprint density at radius 3 is 2.26 bits per heavy atom. The molecule has 8 amide bonds. The molecular formula is C66H99N7O17. The smallest absolute Gasteiger partial charge is 0.410 e. The van der Waals surface area contributed by atoms with Crippen molar-refractivity contribution in [2.45, 2.75) is 225 Å². The van der Waals surface area contributed by atoms with Gasteiger partial charge in [-0.25, -0.2) is 9.59 Å². The van der Waals surface area contributed by atoms with Crippen molar-refractivity contribution in [2.24, 2.45) is 23.5 Å². The molecule has 5 rings (SSSR count). The van der Waals surface area contributed by atoms with Gasteiger partial charge in [-0.3, -0.25) is 38.5 Å². The topological polar surface area (TPSA) is 336 Å². The average Bonchev–Trinajstić information content (AvgIpc) is 1.65. The molecule has 24 nitrogen and oxygen atoms in total. The number of aliphatic hydroxyl groups is 3. The lowest BCUT2D eigenvalue weighted by atomic mass is 9.88. The Hall–Kier alpha value is -6.99. The minimum Gasteiger partial charge on any atom is -0.457 e. The number of rotatable bonds is 30. The number of hydrogen-bond acceptors (Lipinski definition) is 17. The molecule has 90 heavy (non-hydrogen) atoms. The highest BCUT2D eigenvalue weighted by Gasteiger charge is 2.47. The number of aliphatic hydroxyl groups excluding tert-OH is 2. The second-order valence-electron chi connectivity index (χ2n) is 25.2. The quantitative estimate of drug-likeness (QED) is 0.00858. The molecule has 1 aromatic carbocycles. The number of carbonyl (C=O) groups excluding carboxylic acids is 9. The number of esters is 1. The molecule has 0 aromatic heterocycles. The number of imide groups is 1. The number of benzene rings is 1. The van der Waals surface area contributed by atoms with E-state index in [2.05, 4.69) is 16.0 Å². The maximum absolute atomic E-state index is 14.2. The molecule has 0 bridgehead atoms. The lowest BCUT2D eigenvalue weighted by Crippen LogP contribution is -2.57. The summed E-state index contributed by atoms with van der Waals surface area (Å²) < 4.78 is 29.8. The summed E-state index contributed by atoms with van der Waals surface area (Å²) in [5.41, 5.74) is 4.63. The first-order valence-corrected chi connectivity index (χ1v) is 31.8. The molecule has 4 heterocycles. The van der Waals surface area contributed by atoms with Gasteiger partial charge in [-0.15, -0.1) is 0 Å². The Labute approximate surface area is 529 Å². The SMILES string of the molecule is CCC1CN(C(=O)O[C@H]2/C=C/[C@H](C)[C@@H](/C(C)=C/C=C/[C@](C)(O)C[C@H]3O[C@@H]3[C@H](C)[C@@H](O)CC)OC(=O)C[C@H](O)CC[C@@]2(C)OC)CCN1C(=O)OCc1ccc(NC(=O)[C@H](CCCCC(N)=O)NC(=O)[C@@H](NC(=O)CCCCCN2C(=O)C=CC2=O)C(C)C)cc1. The molecular weight excluding hydrogens is 1160 g/mol. The lowest BCUT2D eigenvalue weighted by Gasteiger charge is -2.41. The highest BCUT2D eigenvalue weighted by atomic mass is 16.6. The largest absolute Gasteiger partial charge is 0.457 e. The van der Waals surface area contributed by atoms with Gasteiger partial charge in [0, 0.05) is 82.2 Å². The monoisotopic (exact) mass is 1260 g/mol. The van der Waals surface area contributed by atoms with E-state index in [0.717, 1.165) is 4.90 Å². The number of epoxide rings is 1. The zero-order valence-electron chi connectivity index (χ0n) is 54.2. The summed E-state index contributed by atoms with van der Waals surface area (Å²) in [6.07, 6.45) is 10.3. The van der Waals surface area contributed by atoms with Crippen LogP contribution in [-0.4, -0.2) is 183 Å². The molecule has 500 valence electrons. The van der Waals surface area contributed by atoms with Gasteiger partial charge in [0.15, 0.2) is 6.10 Å². The zero-order chi connectivity index (χ0) is 66.5. The van der Waals surface area contributed by atoms with Gasteiger partial charge < -0.3 is 70.5 Å². The van der Waals surface area contributed by atoms with E-state index >= 15 is 0 Å². The molecule has 0 radical (unpaired) electrons. The fourth-order valence-electron chi connectivity index (χ4n) is 11.3. The van der Waals surface area contributed by atoms with E-state index in [1.165, 1.54) is 24.2 Å². The van der Waals surface area contributed by atoms with Gasteiger partial charge in [-0.1, -0.05) is 90.8 Å². The van der Waals surface area contributed by atoms with Crippen LogP contribution in [0.4, 0.5) is 15.3 Å². The number of ether oxygens (including phenoxy) is 5. The molecule has 0 saturated carbocycles. The number of primary amides is 1. The summed E-state index contributed by atoms with van der Waals surface area (Å²) in [6.45, 7) is 16.9. The summed E-state index contributed by atoms with van der Waals surface area (Å²) in [5.74, 6) is -4.17. The standard InChI is InChI=1S/C66H99N7O17/c1-11-47-39-71(63(83)89-52-28-23-43(6)59(90-57(80)37-48(74)31-33-66(52,9)86-10)42(5)19-18-32-65(8,85)38-51-60(88-51)44(7)50(75)12-2)35-36-72(47)64(84)87-40-45-24-26-46(27-25-45)68-61(81)49(20-15-16-21-53(67)76)69-62(82)58(41(3)4)70-54(77)22-14-13-17-34-73-55(78)29-30-56(73)79/h18-19,23-30,32,41,43-44,47-52,58-60,74-75,85H,11-17,20-22,31,33-40H2,1-10H3,(H2,67,76)(H,68,81)(H,69,82)(H,70,77)/b28-23+,32-18+,42-19+/t43-,44+,47?,48+,49-,50-,51+,52-,58-,59+,60+,65-,66+/m0/s1. The molecule has 4 aliphatic heterocycles.